The zero-order chi connectivity index (χ0) is 12.1. The third kappa shape index (κ3) is 3.86. The smallest absolute Gasteiger partial charge is 0.238 e. The summed E-state index contributed by atoms with van der Waals surface area (Å²) in [7, 11) is 0. The second kappa shape index (κ2) is 6.61. The van der Waals surface area contributed by atoms with Crippen LogP contribution in [0, 0.1) is 0 Å². The average molecular weight is 258 g/mol. The van der Waals surface area contributed by atoms with Gasteiger partial charge in [0.15, 0.2) is 0 Å². The highest BCUT2D eigenvalue weighted by atomic mass is 32.2. The third-order valence-corrected chi connectivity index (χ3v) is 4.61. The zero-order valence-corrected chi connectivity index (χ0v) is 11.0. The van der Waals surface area contributed by atoms with E-state index in [1.165, 1.54) is 6.42 Å². The molecule has 3 atom stereocenters. The Balaban J connectivity index is 1.83. The maximum atomic E-state index is 12.0. The summed E-state index contributed by atoms with van der Waals surface area (Å²) in [5.74, 6) is 1.98. The predicted octanol–water partition coefficient (Wildman–Crippen LogP) is 0.501. The van der Waals surface area contributed by atoms with Crippen molar-refractivity contribution >= 4 is 17.7 Å². The molecule has 1 saturated carbocycles. The van der Waals surface area contributed by atoms with E-state index in [0.717, 1.165) is 43.7 Å². The molecule has 98 valence electrons. The minimum absolute atomic E-state index is 0.0428. The standard InChI is InChI=1S/C12H22N2O2S/c15-11-5-3-1-2-4-9(11)14-12(16)10-8-17-7-6-13-10/h9-11,13,15H,1-8H2,(H,14,16). The number of carbonyl (C=O) groups excluding carboxylic acids is 1. The summed E-state index contributed by atoms with van der Waals surface area (Å²) in [6.07, 6.45) is 4.71. The molecule has 0 bridgehead atoms. The van der Waals surface area contributed by atoms with E-state index >= 15 is 0 Å². The van der Waals surface area contributed by atoms with Gasteiger partial charge in [-0.25, -0.2) is 0 Å². The molecule has 1 heterocycles. The van der Waals surface area contributed by atoms with Crippen LogP contribution in [0.5, 0.6) is 0 Å². The fraction of sp³-hybridized carbons (Fsp3) is 0.917. The lowest BCUT2D eigenvalue weighted by molar-refractivity contribution is -0.124. The largest absolute Gasteiger partial charge is 0.391 e. The summed E-state index contributed by atoms with van der Waals surface area (Å²) in [5.41, 5.74) is 0. The van der Waals surface area contributed by atoms with Crippen molar-refractivity contribution in [3.8, 4) is 0 Å². The molecule has 0 aromatic heterocycles. The van der Waals surface area contributed by atoms with E-state index in [4.69, 9.17) is 0 Å². The van der Waals surface area contributed by atoms with Gasteiger partial charge in [-0.2, -0.15) is 11.8 Å². The highest BCUT2D eigenvalue weighted by Gasteiger charge is 2.27. The summed E-state index contributed by atoms with van der Waals surface area (Å²) >= 11 is 1.81. The number of aliphatic hydroxyl groups is 1. The van der Waals surface area contributed by atoms with Crippen LogP contribution in [0.1, 0.15) is 32.1 Å². The first-order valence-electron chi connectivity index (χ1n) is 6.57. The van der Waals surface area contributed by atoms with Crippen LogP contribution in [0.3, 0.4) is 0 Å². The Kier molecular flexibility index (Phi) is 5.13. The lowest BCUT2D eigenvalue weighted by Gasteiger charge is -2.27. The van der Waals surface area contributed by atoms with Gasteiger partial charge in [0.25, 0.3) is 0 Å². The van der Waals surface area contributed by atoms with Crippen molar-refractivity contribution in [3.63, 3.8) is 0 Å². The van der Waals surface area contributed by atoms with E-state index in [1.54, 1.807) is 0 Å². The minimum atomic E-state index is -0.363. The maximum Gasteiger partial charge on any atom is 0.238 e. The maximum absolute atomic E-state index is 12.0. The van der Waals surface area contributed by atoms with Crippen molar-refractivity contribution in [1.82, 2.24) is 10.6 Å². The Hall–Kier alpha value is -0.260. The molecule has 1 aliphatic heterocycles. The lowest BCUT2D eigenvalue weighted by atomic mass is 10.1. The number of nitrogens with one attached hydrogen (secondary N) is 2. The highest BCUT2D eigenvalue weighted by Crippen LogP contribution is 2.18. The van der Waals surface area contributed by atoms with E-state index in [9.17, 15) is 9.90 Å². The number of aliphatic hydroxyl groups excluding tert-OH is 1. The minimum Gasteiger partial charge on any atom is -0.391 e. The molecule has 0 spiro atoms. The Morgan fingerprint density at radius 1 is 1.29 bits per heavy atom. The van der Waals surface area contributed by atoms with Crippen molar-refractivity contribution in [1.29, 1.82) is 0 Å². The fourth-order valence-electron chi connectivity index (χ4n) is 2.47. The van der Waals surface area contributed by atoms with Gasteiger partial charge in [-0.1, -0.05) is 19.3 Å². The van der Waals surface area contributed by atoms with Gasteiger partial charge < -0.3 is 15.7 Å². The second-order valence-corrected chi connectivity index (χ2v) is 6.05. The first-order chi connectivity index (χ1) is 8.27. The number of carbonyl (C=O) groups is 1. The van der Waals surface area contributed by atoms with E-state index in [1.807, 2.05) is 11.8 Å². The number of hydrogen-bond donors (Lipinski definition) is 3. The monoisotopic (exact) mass is 258 g/mol. The van der Waals surface area contributed by atoms with E-state index in [-0.39, 0.29) is 24.1 Å². The molecule has 1 saturated heterocycles. The fourth-order valence-corrected chi connectivity index (χ4v) is 3.41. The summed E-state index contributed by atoms with van der Waals surface area (Å²) < 4.78 is 0. The molecule has 17 heavy (non-hydrogen) atoms. The van der Waals surface area contributed by atoms with Crippen LogP contribution in [0.15, 0.2) is 0 Å². The van der Waals surface area contributed by atoms with Gasteiger partial charge in [0.1, 0.15) is 0 Å². The molecule has 5 heteroatoms. The van der Waals surface area contributed by atoms with Gasteiger partial charge in [-0.05, 0) is 12.8 Å². The molecule has 1 amide bonds. The molecule has 0 aromatic carbocycles. The SMILES string of the molecule is O=C(NC1CCCCCC1O)C1CSCCN1. The number of hydrogen-bond acceptors (Lipinski definition) is 4. The number of thioether (sulfide) groups is 1. The quantitative estimate of drug-likeness (QED) is 0.631. The Morgan fingerprint density at radius 2 is 2.12 bits per heavy atom. The molecule has 4 nitrogen and oxygen atoms in total. The summed E-state index contributed by atoms with van der Waals surface area (Å²) in [4.78, 5) is 12.0. The molecular formula is C12H22N2O2S. The first-order valence-corrected chi connectivity index (χ1v) is 7.72. The molecule has 3 N–H and O–H groups in total. The summed E-state index contributed by atoms with van der Waals surface area (Å²) in [6.45, 7) is 0.899. The van der Waals surface area contributed by atoms with Crippen LogP contribution < -0.4 is 10.6 Å². The molecule has 3 unspecified atom stereocenters. The Bertz CT molecular complexity index is 257. The van der Waals surface area contributed by atoms with Gasteiger partial charge in [0.05, 0.1) is 18.2 Å². The van der Waals surface area contributed by atoms with E-state index in [0.29, 0.717) is 0 Å². The highest BCUT2D eigenvalue weighted by molar-refractivity contribution is 7.99. The van der Waals surface area contributed by atoms with Crippen LogP contribution in [-0.4, -0.2) is 47.3 Å². The van der Waals surface area contributed by atoms with Gasteiger partial charge in [0.2, 0.25) is 5.91 Å². The zero-order valence-electron chi connectivity index (χ0n) is 10.2. The molecule has 2 rings (SSSR count). The normalized spacial score (nSPS) is 35.0. The van der Waals surface area contributed by atoms with Gasteiger partial charge in [0, 0.05) is 18.1 Å². The van der Waals surface area contributed by atoms with Crippen LogP contribution in [-0.2, 0) is 4.79 Å². The molecule has 0 radical (unpaired) electrons. The van der Waals surface area contributed by atoms with Crippen LogP contribution in [0.25, 0.3) is 0 Å². The van der Waals surface area contributed by atoms with Crippen molar-refractivity contribution < 1.29 is 9.90 Å². The first kappa shape index (κ1) is 13.2. The predicted molar refractivity (Wildman–Crippen MR) is 70.1 cm³/mol. The van der Waals surface area contributed by atoms with Crippen molar-refractivity contribution in [2.75, 3.05) is 18.1 Å². The van der Waals surface area contributed by atoms with Gasteiger partial charge in [-0.3, -0.25) is 4.79 Å². The molecule has 2 fully saturated rings. The van der Waals surface area contributed by atoms with Crippen LogP contribution >= 0.6 is 11.8 Å². The molecule has 1 aliphatic carbocycles. The Morgan fingerprint density at radius 3 is 2.88 bits per heavy atom. The average Bonchev–Trinajstić information content (AvgIpc) is 2.56. The lowest BCUT2D eigenvalue weighted by Crippen LogP contribution is -2.53. The number of amides is 1. The van der Waals surface area contributed by atoms with Crippen molar-refractivity contribution in [2.24, 2.45) is 0 Å². The van der Waals surface area contributed by atoms with Crippen molar-refractivity contribution in [3.05, 3.63) is 0 Å². The third-order valence-electron chi connectivity index (χ3n) is 3.55. The molecule has 2 aliphatic rings. The van der Waals surface area contributed by atoms with E-state index < -0.39 is 0 Å². The van der Waals surface area contributed by atoms with E-state index in [2.05, 4.69) is 10.6 Å². The summed E-state index contributed by atoms with van der Waals surface area (Å²) in [5, 5.41) is 16.2. The number of rotatable bonds is 2. The second-order valence-electron chi connectivity index (χ2n) is 4.90. The summed E-state index contributed by atoms with van der Waals surface area (Å²) in [6, 6.07) is -0.122. The topological polar surface area (TPSA) is 61.4 Å². The van der Waals surface area contributed by atoms with Crippen LogP contribution in [0.2, 0.25) is 0 Å². The van der Waals surface area contributed by atoms with Crippen LogP contribution in [0.4, 0.5) is 0 Å². The van der Waals surface area contributed by atoms with Gasteiger partial charge in [-0.15, -0.1) is 0 Å². The Labute approximate surface area is 107 Å². The molecule has 0 aromatic rings. The van der Waals surface area contributed by atoms with Crippen molar-refractivity contribution in [2.45, 2.75) is 50.3 Å². The van der Waals surface area contributed by atoms with Gasteiger partial charge >= 0.3 is 0 Å². The molecular weight excluding hydrogens is 236 g/mol.